The lowest BCUT2D eigenvalue weighted by Gasteiger charge is -2.15. The number of aromatic nitrogens is 2. The summed E-state index contributed by atoms with van der Waals surface area (Å²) in [6, 6.07) is 10.9. The predicted octanol–water partition coefficient (Wildman–Crippen LogP) is 3.32. The molecule has 2 aromatic carbocycles. The Morgan fingerprint density at radius 1 is 1.03 bits per heavy atom. The van der Waals surface area contributed by atoms with E-state index in [4.69, 9.17) is 9.47 Å². The molecule has 2 N–H and O–H groups in total. The topological polar surface area (TPSA) is 140 Å². The summed E-state index contributed by atoms with van der Waals surface area (Å²) in [5, 5.41) is 13.6. The van der Waals surface area contributed by atoms with Crippen molar-refractivity contribution >= 4 is 55.8 Å². The Labute approximate surface area is 222 Å². The van der Waals surface area contributed by atoms with Crippen LogP contribution in [0.25, 0.3) is 0 Å². The molecule has 14 heteroatoms. The normalized spacial score (nSPS) is 13.8. The molecule has 0 bridgehead atoms. The average Bonchev–Trinajstić information content (AvgIpc) is 3.60. The van der Waals surface area contributed by atoms with Gasteiger partial charge in [0.1, 0.15) is 11.5 Å². The van der Waals surface area contributed by atoms with E-state index in [0.29, 0.717) is 34.6 Å². The van der Waals surface area contributed by atoms with Gasteiger partial charge in [-0.1, -0.05) is 23.1 Å². The lowest BCUT2D eigenvalue weighted by Crippen LogP contribution is -2.27. The molecule has 4 rings (SSSR count). The van der Waals surface area contributed by atoms with Crippen molar-refractivity contribution in [3.63, 3.8) is 0 Å². The number of amides is 2. The highest BCUT2D eigenvalue weighted by molar-refractivity contribution is 8.01. The van der Waals surface area contributed by atoms with Gasteiger partial charge < -0.3 is 14.8 Å². The SMILES string of the molecule is COc1ccc(OC)c(NC(=O)CSc2nnc(NC(=O)c3ccc(S(=O)(=O)N4CCCC4)cc3)s2)c1. The zero-order chi connectivity index (χ0) is 26.4. The Balaban J connectivity index is 1.31. The summed E-state index contributed by atoms with van der Waals surface area (Å²) in [4.78, 5) is 25.2. The van der Waals surface area contributed by atoms with Crippen LogP contribution in [0.2, 0.25) is 0 Å². The molecule has 0 atom stereocenters. The fourth-order valence-corrected chi connectivity index (χ4v) is 6.63. The lowest BCUT2D eigenvalue weighted by atomic mass is 10.2. The average molecular weight is 564 g/mol. The van der Waals surface area contributed by atoms with Crippen LogP contribution in [0.1, 0.15) is 23.2 Å². The first-order valence-corrected chi connectivity index (χ1v) is 14.4. The van der Waals surface area contributed by atoms with Crippen LogP contribution < -0.4 is 20.1 Å². The maximum absolute atomic E-state index is 12.6. The molecule has 1 saturated heterocycles. The Morgan fingerprint density at radius 2 is 1.76 bits per heavy atom. The van der Waals surface area contributed by atoms with Gasteiger partial charge >= 0.3 is 0 Å². The molecule has 1 aliphatic rings. The van der Waals surface area contributed by atoms with Gasteiger partial charge in [0, 0.05) is 24.7 Å². The number of carbonyl (C=O) groups excluding carboxylic acids is 2. The van der Waals surface area contributed by atoms with Crippen LogP contribution in [0.5, 0.6) is 11.5 Å². The van der Waals surface area contributed by atoms with Crippen LogP contribution in [-0.4, -0.2) is 67.8 Å². The highest BCUT2D eigenvalue weighted by atomic mass is 32.2. The fraction of sp³-hybridized carbons (Fsp3) is 0.304. The molecule has 2 amide bonds. The highest BCUT2D eigenvalue weighted by Gasteiger charge is 2.27. The Bertz CT molecular complexity index is 1370. The van der Waals surface area contributed by atoms with Crippen LogP contribution in [0, 0.1) is 0 Å². The van der Waals surface area contributed by atoms with Crippen LogP contribution in [0.15, 0.2) is 51.7 Å². The number of benzene rings is 2. The van der Waals surface area contributed by atoms with Crippen molar-refractivity contribution in [1.29, 1.82) is 0 Å². The van der Waals surface area contributed by atoms with E-state index < -0.39 is 15.9 Å². The quantitative estimate of drug-likeness (QED) is 0.281. The van der Waals surface area contributed by atoms with Gasteiger partial charge in [-0.25, -0.2) is 8.42 Å². The second kappa shape index (κ2) is 11.9. The van der Waals surface area contributed by atoms with Crippen molar-refractivity contribution < 1.29 is 27.5 Å². The van der Waals surface area contributed by atoms with Crippen molar-refractivity contribution in [3.8, 4) is 11.5 Å². The molecule has 0 saturated carbocycles. The molecular formula is C23H25N5O6S3. The zero-order valence-corrected chi connectivity index (χ0v) is 22.5. The number of hydrogen-bond acceptors (Lipinski definition) is 10. The number of carbonyl (C=O) groups is 2. The molecule has 2 heterocycles. The lowest BCUT2D eigenvalue weighted by molar-refractivity contribution is -0.113. The third kappa shape index (κ3) is 6.57. The fourth-order valence-electron chi connectivity index (χ4n) is 3.57. The number of hydrogen-bond donors (Lipinski definition) is 2. The zero-order valence-electron chi connectivity index (χ0n) is 20.1. The van der Waals surface area contributed by atoms with E-state index in [0.717, 1.165) is 24.2 Å². The van der Waals surface area contributed by atoms with Crippen molar-refractivity contribution in [2.45, 2.75) is 22.1 Å². The number of methoxy groups -OCH3 is 2. The monoisotopic (exact) mass is 563 g/mol. The summed E-state index contributed by atoms with van der Waals surface area (Å²) in [5.74, 6) is 0.426. The molecule has 196 valence electrons. The first kappa shape index (κ1) is 26.9. The van der Waals surface area contributed by atoms with Gasteiger partial charge in [0.2, 0.25) is 21.1 Å². The van der Waals surface area contributed by atoms with Crippen LogP contribution in [0.3, 0.4) is 0 Å². The van der Waals surface area contributed by atoms with E-state index in [2.05, 4.69) is 20.8 Å². The standard InChI is InChI=1S/C23H25N5O6S3/c1-33-16-7-10-19(34-2)18(13-16)24-20(29)14-35-23-27-26-22(36-23)25-21(30)15-5-8-17(9-6-15)37(31,32)28-11-3-4-12-28/h5-10,13H,3-4,11-12,14H2,1-2H3,(H,24,29)(H,25,26,30). The number of nitrogens with one attached hydrogen (secondary N) is 2. The van der Waals surface area contributed by atoms with Gasteiger partial charge in [-0.2, -0.15) is 4.31 Å². The second-order valence-corrected chi connectivity index (χ2v) is 12.0. The van der Waals surface area contributed by atoms with Gasteiger partial charge in [0.25, 0.3) is 5.91 Å². The molecule has 0 aliphatic carbocycles. The summed E-state index contributed by atoms with van der Waals surface area (Å²) in [6.45, 7) is 1.03. The summed E-state index contributed by atoms with van der Waals surface area (Å²) in [7, 11) is -0.505. The van der Waals surface area contributed by atoms with Gasteiger partial charge in [0.15, 0.2) is 4.34 Å². The third-order valence-electron chi connectivity index (χ3n) is 5.45. The molecule has 1 aromatic heterocycles. The van der Waals surface area contributed by atoms with Crippen LogP contribution in [0.4, 0.5) is 10.8 Å². The van der Waals surface area contributed by atoms with Gasteiger partial charge in [-0.15, -0.1) is 10.2 Å². The smallest absolute Gasteiger partial charge is 0.257 e. The van der Waals surface area contributed by atoms with E-state index in [-0.39, 0.29) is 27.3 Å². The summed E-state index contributed by atoms with van der Waals surface area (Å²) >= 11 is 2.29. The maximum atomic E-state index is 12.6. The highest BCUT2D eigenvalue weighted by Crippen LogP contribution is 2.30. The maximum Gasteiger partial charge on any atom is 0.257 e. The molecule has 1 aliphatic heterocycles. The van der Waals surface area contributed by atoms with Crippen molar-refractivity contribution in [1.82, 2.24) is 14.5 Å². The molecule has 1 fully saturated rings. The van der Waals surface area contributed by atoms with Crippen molar-refractivity contribution in [2.24, 2.45) is 0 Å². The largest absolute Gasteiger partial charge is 0.497 e. The number of thioether (sulfide) groups is 1. The third-order valence-corrected chi connectivity index (χ3v) is 9.34. The van der Waals surface area contributed by atoms with Crippen LogP contribution in [-0.2, 0) is 14.8 Å². The number of anilines is 2. The second-order valence-electron chi connectivity index (χ2n) is 7.87. The molecule has 0 spiro atoms. The minimum atomic E-state index is -3.55. The molecule has 3 aromatic rings. The minimum Gasteiger partial charge on any atom is -0.497 e. The Hall–Kier alpha value is -3.20. The number of nitrogens with zero attached hydrogens (tertiary/aromatic N) is 3. The predicted molar refractivity (Wildman–Crippen MR) is 141 cm³/mol. The van der Waals surface area contributed by atoms with Crippen LogP contribution >= 0.6 is 23.1 Å². The van der Waals surface area contributed by atoms with Crippen molar-refractivity contribution in [3.05, 3.63) is 48.0 Å². The Kier molecular flexibility index (Phi) is 8.63. The van der Waals surface area contributed by atoms with Gasteiger partial charge in [-0.05, 0) is 49.2 Å². The van der Waals surface area contributed by atoms with E-state index in [1.54, 1.807) is 18.2 Å². The Morgan fingerprint density at radius 3 is 2.43 bits per heavy atom. The summed E-state index contributed by atoms with van der Waals surface area (Å²) in [5.41, 5.74) is 0.772. The number of rotatable bonds is 10. The molecule has 37 heavy (non-hydrogen) atoms. The first-order valence-electron chi connectivity index (χ1n) is 11.2. The molecule has 0 radical (unpaired) electrons. The summed E-state index contributed by atoms with van der Waals surface area (Å²) < 4.78 is 37.7. The molecule has 11 nitrogen and oxygen atoms in total. The van der Waals surface area contributed by atoms with E-state index >= 15 is 0 Å². The summed E-state index contributed by atoms with van der Waals surface area (Å²) in [6.07, 6.45) is 1.70. The van der Waals surface area contributed by atoms with Crippen molar-refractivity contribution in [2.75, 3.05) is 43.7 Å². The van der Waals surface area contributed by atoms with E-state index in [9.17, 15) is 18.0 Å². The number of sulfonamides is 1. The first-order chi connectivity index (χ1) is 17.8. The van der Waals surface area contributed by atoms with E-state index in [1.807, 2.05) is 0 Å². The minimum absolute atomic E-state index is 0.0654. The molecule has 0 unspecified atom stereocenters. The van der Waals surface area contributed by atoms with E-state index in [1.165, 1.54) is 54.6 Å². The van der Waals surface area contributed by atoms with Gasteiger partial charge in [-0.3, -0.25) is 14.9 Å². The molecular weight excluding hydrogens is 538 g/mol. The van der Waals surface area contributed by atoms with Gasteiger partial charge in [0.05, 0.1) is 30.6 Å². The number of ether oxygens (including phenoxy) is 2.